The Balaban J connectivity index is -0.0000000800. The van der Waals surface area contributed by atoms with Gasteiger partial charge in [0.25, 0.3) is 0 Å². The van der Waals surface area contributed by atoms with Crippen LogP contribution in [0.5, 0.6) is 0 Å². The van der Waals surface area contributed by atoms with E-state index in [0.29, 0.717) is 0 Å². The zero-order valence-electron chi connectivity index (χ0n) is 3.84. The van der Waals surface area contributed by atoms with Gasteiger partial charge in [-0.3, -0.25) is 9.11 Å². The fourth-order valence-electron chi connectivity index (χ4n) is 0. The summed E-state index contributed by atoms with van der Waals surface area (Å²) in [7, 11) is -4.67. The van der Waals surface area contributed by atoms with Gasteiger partial charge in [-0.15, -0.1) is 0 Å². The third kappa shape index (κ3) is 21700. The first-order chi connectivity index (χ1) is 3.41. The number of rotatable bonds is 0. The van der Waals surface area contributed by atoms with Crippen molar-refractivity contribution >= 4 is 10.4 Å². The first-order valence-electron chi connectivity index (χ1n) is 1.03. The van der Waals surface area contributed by atoms with Crippen molar-refractivity contribution in [3.05, 3.63) is 0 Å². The molecule has 0 fully saturated rings. The van der Waals surface area contributed by atoms with E-state index in [1.165, 1.54) is 0 Å². The Labute approximate surface area is 59.1 Å². The van der Waals surface area contributed by atoms with Gasteiger partial charge in [-0.1, -0.05) is 0 Å². The van der Waals surface area contributed by atoms with Gasteiger partial charge in [-0.2, -0.15) is 8.42 Å². The van der Waals surface area contributed by atoms with Gasteiger partial charge in [0.1, 0.15) is 0 Å². The summed E-state index contributed by atoms with van der Waals surface area (Å²) in [5, 5.41) is 0. The van der Waals surface area contributed by atoms with Gasteiger partial charge >= 0.3 is 35.7 Å². The van der Waals surface area contributed by atoms with Crippen LogP contribution in [-0.2, 0) is 35.7 Å². The van der Waals surface area contributed by atoms with E-state index in [4.69, 9.17) is 24.3 Å². The minimum atomic E-state index is -4.67. The summed E-state index contributed by atoms with van der Waals surface area (Å²) in [5.74, 6) is 0. The standard InChI is InChI=1S/Mo.H2O4S.H2O.2O/c;1-5(2,3)4;;;/h;(H2,1,2,3,4);1H2;;. The van der Waals surface area contributed by atoms with Crippen LogP contribution in [0, 0.1) is 0 Å². The van der Waals surface area contributed by atoms with Gasteiger partial charge in [0.2, 0.25) is 0 Å². The average molecular weight is 244 g/mol. The second-order valence-corrected chi connectivity index (χ2v) is 1.75. The number of hydrogen-bond donors (Lipinski definition) is 2. The quantitative estimate of drug-likeness (QED) is 0.383. The number of hydrogen-bond acceptors (Lipinski definition) is 4. The van der Waals surface area contributed by atoms with E-state index >= 15 is 0 Å². The summed E-state index contributed by atoms with van der Waals surface area (Å²) in [6, 6.07) is 0. The van der Waals surface area contributed by atoms with E-state index in [0.717, 1.165) is 0 Å². The molecule has 0 saturated heterocycles. The maximum atomic E-state index is 8.74. The Morgan fingerprint density at radius 3 is 1.11 bits per heavy atom. The molecular weight excluding hydrogens is 240 g/mol. The molecule has 0 heterocycles. The molecule has 9 heavy (non-hydrogen) atoms. The molecule has 0 aliphatic heterocycles. The first-order valence-corrected chi connectivity index (χ1v) is 4.07. The third-order valence-electron chi connectivity index (χ3n) is 0. The molecular formula is H4MoO7S. The summed E-state index contributed by atoms with van der Waals surface area (Å²) in [4.78, 5) is 0. The Kier molecular flexibility index (Phi) is 14.5. The summed E-state index contributed by atoms with van der Waals surface area (Å²) < 4.78 is 48.6. The second-order valence-electron chi connectivity index (χ2n) is 0.516. The minimum absolute atomic E-state index is 0. The molecule has 4 N–H and O–H groups in total. The van der Waals surface area contributed by atoms with Crippen LogP contribution in [0.3, 0.4) is 0 Å². The molecule has 0 aliphatic rings. The normalized spacial score (nSPS) is 7.78. The van der Waals surface area contributed by atoms with Crippen molar-refractivity contribution in [3.8, 4) is 0 Å². The predicted octanol–water partition coefficient (Wildman–Crippen LogP) is -1.72. The SMILES string of the molecule is O.O=S(=O)(O)O.[O]=[Mo]=[O]. The molecule has 9 heteroatoms. The Hall–Kier alpha value is 0.118. The zero-order valence-corrected chi connectivity index (χ0v) is 6.67. The van der Waals surface area contributed by atoms with E-state index in [2.05, 4.69) is 0 Å². The molecule has 0 atom stereocenters. The summed E-state index contributed by atoms with van der Waals surface area (Å²) >= 11 is -2.03. The van der Waals surface area contributed by atoms with Crippen LogP contribution in [0.15, 0.2) is 0 Å². The summed E-state index contributed by atoms with van der Waals surface area (Å²) in [6.07, 6.45) is 0. The van der Waals surface area contributed by atoms with Crippen molar-refractivity contribution in [1.29, 1.82) is 0 Å². The third-order valence-corrected chi connectivity index (χ3v) is 0. The van der Waals surface area contributed by atoms with Crippen molar-refractivity contribution in [3.63, 3.8) is 0 Å². The molecule has 0 unspecified atom stereocenters. The molecule has 0 aromatic heterocycles. The summed E-state index contributed by atoms with van der Waals surface area (Å²) in [5.41, 5.74) is 0. The van der Waals surface area contributed by atoms with Crippen molar-refractivity contribution in [1.82, 2.24) is 0 Å². The van der Waals surface area contributed by atoms with E-state index in [1.54, 1.807) is 0 Å². The molecule has 0 saturated carbocycles. The first kappa shape index (κ1) is 16.1. The van der Waals surface area contributed by atoms with Crippen molar-refractivity contribution in [2.75, 3.05) is 0 Å². The van der Waals surface area contributed by atoms with Crippen LogP contribution >= 0.6 is 0 Å². The van der Waals surface area contributed by atoms with Gasteiger partial charge < -0.3 is 5.48 Å². The summed E-state index contributed by atoms with van der Waals surface area (Å²) in [6.45, 7) is 0. The molecule has 0 amide bonds. The zero-order chi connectivity index (χ0) is 7.21. The van der Waals surface area contributed by atoms with Crippen LogP contribution in [0.2, 0.25) is 0 Å². The van der Waals surface area contributed by atoms with Gasteiger partial charge in [0, 0.05) is 0 Å². The maximum absolute atomic E-state index is 8.74. The molecule has 0 bridgehead atoms. The van der Waals surface area contributed by atoms with Gasteiger partial charge in [0.15, 0.2) is 0 Å². The van der Waals surface area contributed by atoms with Crippen LogP contribution in [-0.4, -0.2) is 23.0 Å². The van der Waals surface area contributed by atoms with Crippen molar-refractivity contribution < 1.29 is 48.3 Å². The van der Waals surface area contributed by atoms with Crippen molar-refractivity contribution in [2.45, 2.75) is 0 Å². The Morgan fingerprint density at radius 1 is 1.11 bits per heavy atom. The van der Waals surface area contributed by atoms with E-state index in [-0.39, 0.29) is 5.48 Å². The van der Waals surface area contributed by atoms with Crippen LogP contribution in [0.4, 0.5) is 0 Å². The Morgan fingerprint density at radius 2 is 1.11 bits per heavy atom. The molecule has 0 aromatic rings. The van der Waals surface area contributed by atoms with Crippen molar-refractivity contribution in [2.24, 2.45) is 0 Å². The van der Waals surface area contributed by atoms with Crippen LogP contribution < -0.4 is 0 Å². The monoisotopic (exact) mass is 246 g/mol. The predicted molar refractivity (Wildman–Crippen MR) is 19.2 cm³/mol. The molecule has 0 aromatic carbocycles. The van der Waals surface area contributed by atoms with E-state index in [1.807, 2.05) is 0 Å². The Bertz CT molecular complexity index is 149. The fourth-order valence-corrected chi connectivity index (χ4v) is 0. The van der Waals surface area contributed by atoms with Crippen LogP contribution in [0.25, 0.3) is 0 Å². The molecule has 0 aliphatic carbocycles. The average Bonchev–Trinajstić information content (AvgIpc) is 1.27. The molecule has 7 nitrogen and oxygen atoms in total. The fraction of sp³-hybridized carbons (Fsp3) is 0. The molecule has 0 spiro atoms. The van der Waals surface area contributed by atoms with Gasteiger partial charge in [-0.05, 0) is 0 Å². The van der Waals surface area contributed by atoms with E-state index < -0.39 is 28.9 Å². The molecule has 58 valence electrons. The van der Waals surface area contributed by atoms with Crippen LogP contribution in [0.1, 0.15) is 0 Å². The topological polar surface area (TPSA) is 140 Å². The van der Waals surface area contributed by atoms with Gasteiger partial charge in [0.05, 0.1) is 0 Å². The molecule has 0 radical (unpaired) electrons. The van der Waals surface area contributed by atoms with E-state index in [9.17, 15) is 0 Å². The van der Waals surface area contributed by atoms with Gasteiger partial charge in [-0.25, -0.2) is 0 Å². The molecule has 0 rings (SSSR count). The second kappa shape index (κ2) is 8.12.